The van der Waals surface area contributed by atoms with Gasteiger partial charge in [-0.05, 0) is 88.3 Å². The van der Waals surface area contributed by atoms with Crippen molar-refractivity contribution in [3.8, 4) is 17.1 Å². The third-order valence-corrected chi connectivity index (χ3v) is 10.6. The molecule has 4 saturated heterocycles. The fraction of sp³-hybridized carbons (Fsp3) is 0.500. The number of hydrogen-bond donors (Lipinski definition) is 2. The second-order valence-corrected chi connectivity index (χ2v) is 13.2. The van der Waals surface area contributed by atoms with Gasteiger partial charge in [0.05, 0.1) is 15.8 Å². The summed E-state index contributed by atoms with van der Waals surface area (Å²) in [5.74, 6) is 0.359. The first-order chi connectivity index (χ1) is 19.9. The predicted octanol–water partition coefficient (Wildman–Crippen LogP) is 4.88. The molecule has 2 atom stereocenters. The summed E-state index contributed by atoms with van der Waals surface area (Å²) in [6, 6.07) is 5.39. The fourth-order valence-electron chi connectivity index (χ4n) is 7.85. The van der Waals surface area contributed by atoms with E-state index in [-0.39, 0.29) is 28.2 Å². The van der Waals surface area contributed by atoms with Crippen LogP contribution in [0, 0.1) is 24.5 Å². The highest BCUT2D eigenvalue weighted by Gasteiger charge is 2.45. The van der Waals surface area contributed by atoms with Crippen LogP contribution in [0.15, 0.2) is 18.2 Å². The number of nitrogens with one attached hydrogen (secondary N) is 1. The molecule has 4 aliphatic heterocycles. The minimum Gasteiger partial charge on any atom is -0.461 e. The van der Waals surface area contributed by atoms with Crippen molar-refractivity contribution in [3.63, 3.8) is 0 Å². The maximum atomic E-state index is 16.8. The quantitative estimate of drug-likeness (QED) is 0.347. The molecule has 0 saturated carbocycles. The molecule has 0 spiro atoms. The monoisotopic (exact) mass is 577 g/mol. The van der Waals surface area contributed by atoms with E-state index < -0.39 is 11.6 Å². The molecule has 0 aliphatic carbocycles. The number of piperidine rings is 1. The zero-order valence-electron chi connectivity index (χ0n) is 23.1. The Morgan fingerprint density at radius 2 is 1.95 bits per heavy atom. The first kappa shape index (κ1) is 25.6. The van der Waals surface area contributed by atoms with E-state index >= 15 is 4.39 Å². The van der Waals surface area contributed by atoms with Crippen LogP contribution in [0.25, 0.3) is 32.2 Å². The normalized spacial score (nSPS) is 23.6. The van der Waals surface area contributed by atoms with Crippen LogP contribution in [0.5, 0.6) is 6.01 Å². The average molecular weight is 578 g/mol. The number of anilines is 2. The Bertz CT molecular complexity index is 1680. The molecule has 8 nitrogen and oxygen atoms in total. The maximum absolute atomic E-state index is 16.8. The Labute approximate surface area is 240 Å². The fourth-order valence-corrected chi connectivity index (χ4v) is 8.62. The van der Waals surface area contributed by atoms with Crippen molar-refractivity contribution in [2.45, 2.75) is 50.6 Å². The molecule has 4 aliphatic rings. The van der Waals surface area contributed by atoms with Crippen LogP contribution in [0.4, 0.5) is 19.7 Å². The lowest BCUT2D eigenvalue weighted by Gasteiger charge is -2.31. The minimum absolute atomic E-state index is 0.0217. The van der Waals surface area contributed by atoms with Crippen LogP contribution < -0.4 is 20.7 Å². The molecule has 2 aromatic heterocycles. The van der Waals surface area contributed by atoms with Crippen LogP contribution in [0.2, 0.25) is 0 Å². The van der Waals surface area contributed by atoms with Crippen molar-refractivity contribution in [1.82, 2.24) is 25.2 Å². The SMILES string of the molecule is Cc1cc2c(N3CC4CNCC3C4)nc(OCC34CCCN3CCC4)nc2c(F)c1-c1ccc(F)c2sc(N)nc12. The molecule has 4 fully saturated rings. The van der Waals surface area contributed by atoms with Gasteiger partial charge in [-0.3, -0.25) is 4.90 Å². The van der Waals surface area contributed by atoms with E-state index in [0.717, 1.165) is 69.1 Å². The Hall–Kier alpha value is -3.15. The summed E-state index contributed by atoms with van der Waals surface area (Å²) in [6.45, 7) is 7.28. The number of benzene rings is 2. The van der Waals surface area contributed by atoms with Crippen LogP contribution in [-0.4, -0.2) is 70.8 Å². The molecule has 8 rings (SSSR count). The van der Waals surface area contributed by atoms with Gasteiger partial charge in [0, 0.05) is 35.6 Å². The number of ether oxygens (including phenoxy) is 1. The first-order valence-corrected chi connectivity index (χ1v) is 15.4. The number of nitrogens with two attached hydrogens (primary N) is 1. The maximum Gasteiger partial charge on any atom is 0.319 e. The molecule has 6 heterocycles. The third kappa shape index (κ3) is 3.99. The van der Waals surface area contributed by atoms with E-state index in [1.54, 1.807) is 6.07 Å². The molecular weight excluding hydrogens is 544 g/mol. The van der Waals surface area contributed by atoms with Gasteiger partial charge in [0.25, 0.3) is 0 Å². The van der Waals surface area contributed by atoms with Gasteiger partial charge in [-0.15, -0.1) is 0 Å². The topological polar surface area (TPSA) is 92.4 Å². The second kappa shape index (κ2) is 9.43. The van der Waals surface area contributed by atoms with Crippen molar-refractivity contribution in [3.05, 3.63) is 35.4 Å². The number of aryl methyl sites for hydroxylation is 1. The molecule has 0 radical (unpaired) electrons. The highest BCUT2D eigenvalue weighted by Crippen LogP contribution is 2.43. The van der Waals surface area contributed by atoms with E-state index in [1.165, 1.54) is 18.9 Å². The standard InChI is InChI=1S/C30H33F2N7OS/c1-16-10-20-24(23(32)22(16)19-4-5-21(31)26-25(19)35-28(33)41-26)36-29(40-15-30-6-2-8-38(30)9-3-7-30)37-27(20)39-14-17-11-18(39)13-34-12-17/h4-5,10,17-18,34H,2-3,6-9,11-15H2,1H3,(H2,33,35). The summed E-state index contributed by atoms with van der Waals surface area (Å²) < 4.78 is 38.1. The summed E-state index contributed by atoms with van der Waals surface area (Å²) in [6.07, 6.45) is 5.63. The van der Waals surface area contributed by atoms with Crippen molar-refractivity contribution < 1.29 is 13.5 Å². The number of nitrogen functional groups attached to an aromatic ring is 1. The van der Waals surface area contributed by atoms with E-state index in [1.807, 2.05) is 13.0 Å². The molecule has 2 unspecified atom stereocenters. The van der Waals surface area contributed by atoms with Crippen LogP contribution in [0.3, 0.4) is 0 Å². The van der Waals surface area contributed by atoms with Crippen LogP contribution in [-0.2, 0) is 0 Å². The number of aromatic nitrogens is 3. The van der Waals surface area contributed by atoms with Gasteiger partial charge >= 0.3 is 6.01 Å². The van der Waals surface area contributed by atoms with Gasteiger partial charge in [-0.1, -0.05) is 11.3 Å². The van der Waals surface area contributed by atoms with Gasteiger partial charge in [-0.2, -0.15) is 9.97 Å². The van der Waals surface area contributed by atoms with Gasteiger partial charge in [0.1, 0.15) is 23.8 Å². The lowest BCUT2D eigenvalue weighted by molar-refractivity contribution is 0.108. The van der Waals surface area contributed by atoms with Crippen LogP contribution in [0.1, 0.15) is 37.7 Å². The number of nitrogens with zero attached hydrogens (tertiary/aromatic N) is 5. The summed E-state index contributed by atoms with van der Waals surface area (Å²) in [7, 11) is 0. The highest BCUT2D eigenvalue weighted by molar-refractivity contribution is 7.22. The highest BCUT2D eigenvalue weighted by atomic mass is 32.1. The summed E-state index contributed by atoms with van der Waals surface area (Å²) in [5.41, 5.74) is 8.10. The van der Waals surface area contributed by atoms with E-state index in [0.29, 0.717) is 44.8 Å². The summed E-state index contributed by atoms with van der Waals surface area (Å²) in [4.78, 5) is 18.9. The number of fused-ring (bicyclic) bond motifs is 5. The van der Waals surface area contributed by atoms with Gasteiger partial charge in [-0.25, -0.2) is 13.8 Å². The lowest BCUT2D eigenvalue weighted by Crippen LogP contribution is -2.43. The van der Waals surface area contributed by atoms with Crippen molar-refractivity contribution in [1.29, 1.82) is 0 Å². The Balaban J connectivity index is 1.28. The molecule has 3 N–H and O–H groups in total. The largest absolute Gasteiger partial charge is 0.461 e. The molecule has 2 bridgehead atoms. The van der Waals surface area contributed by atoms with Crippen LogP contribution >= 0.6 is 11.3 Å². The minimum atomic E-state index is -0.477. The number of hydrogen-bond acceptors (Lipinski definition) is 9. The Kier molecular flexibility index (Phi) is 5.88. The molecule has 41 heavy (non-hydrogen) atoms. The molecule has 11 heteroatoms. The summed E-state index contributed by atoms with van der Waals surface area (Å²) >= 11 is 1.07. The lowest BCUT2D eigenvalue weighted by atomic mass is 9.95. The number of rotatable bonds is 5. The van der Waals surface area contributed by atoms with Gasteiger partial charge < -0.3 is 20.7 Å². The average Bonchev–Trinajstić information content (AvgIpc) is 3.71. The van der Waals surface area contributed by atoms with E-state index in [2.05, 4.69) is 20.1 Å². The second-order valence-electron chi connectivity index (χ2n) is 12.2. The van der Waals surface area contributed by atoms with Crippen molar-refractivity contribution >= 4 is 43.4 Å². The number of halogens is 2. The van der Waals surface area contributed by atoms with Crippen molar-refractivity contribution in [2.75, 3.05) is 50.0 Å². The first-order valence-electron chi connectivity index (χ1n) is 14.6. The predicted molar refractivity (Wildman–Crippen MR) is 158 cm³/mol. The molecular formula is C30H33F2N7OS. The van der Waals surface area contributed by atoms with Gasteiger partial charge in [0.15, 0.2) is 10.9 Å². The van der Waals surface area contributed by atoms with E-state index in [4.69, 9.17) is 20.4 Å². The zero-order chi connectivity index (χ0) is 27.9. The molecule has 2 aromatic carbocycles. The van der Waals surface area contributed by atoms with Gasteiger partial charge in [0.2, 0.25) is 0 Å². The summed E-state index contributed by atoms with van der Waals surface area (Å²) in [5, 5.41) is 4.44. The number of thiazole rings is 1. The zero-order valence-corrected chi connectivity index (χ0v) is 23.9. The molecule has 214 valence electrons. The smallest absolute Gasteiger partial charge is 0.319 e. The van der Waals surface area contributed by atoms with E-state index in [9.17, 15) is 4.39 Å². The Morgan fingerprint density at radius 3 is 2.76 bits per heavy atom. The third-order valence-electron chi connectivity index (χ3n) is 9.74. The molecule has 0 amide bonds. The molecule has 4 aromatic rings. The van der Waals surface area contributed by atoms with Crippen molar-refractivity contribution in [2.24, 2.45) is 5.92 Å². The Morgan fingerprint density at radius 1 is 1.12 bits per heavy atom.